The molecule has 0 radical (unpaired) electrons. The van der Waals surface area contributed by atoms with E-state index < -0.39 is 0 Å². The second-order valence-corrected chi connectivity index (χ2v) is 4.00. The Bertz CT molecular complexity index is 314. The highest BCUT2D eigenvalue weighted by molar-refractivity contribution is 7.98. The van der Waals surface area contributed by atoms with E-state index in [9.17, 15) is 0 Å². The first-order valence-corrected chi connectivity index (χ1v) is 5.66. The average Bonchev–Trinajstić information content (AvgIpc) is 2.18. The van der Waals surface area contributed by atoms with E-state index in [2.05, 4.69) is 25.3 Å². The van der Waals surface area contributed by atoms with Gasteiger partial charge in [-0.3, -0.25) is 0 Å². The molecule has 0 heterocycles. The number of hydrogen-bond donors (Lipinski definition) is 0. The van der Waals surface area contributed by atoms with Crippen LogP contribution in [0.25, 0.3) is 0 Å². The van der Waals surface area contributed by atoms with Gasteiger partial charge in [-0.2, -0.15) is 17.0 Å². The molecule has 1 aromatic rings. The molecule has 0 bridgehead atoms. The molecule has 0 saturated heterocycles. The van der Waals surface area contributed by atoms with E-state index in [0.717, 1.165) is 11.3 Å². The Kier molecular flexibility index (Phi) is 3.85. The second kappa shape index (κ2) is 4.94. The molecule has 0 amide bonds. The molecule has 2 heteroatoms. The minimum atomic E-state index is 0.531. The Labute approximate surface area is 83.8 Å². The molecule has 0 spiro atoms. The zero-order valence-corrected chi connectivity index (χ0v) is 8.77. The largest absolute Gasteiger partial charge is 0.192 e. The molecule has 0 aliphatic rings. The quantitative estimate of drug-likeness (QED) is 0.733. The van der Waals surface area contributed by atoms with E-state index in [4.69, 9.17) is 5.26 Å². The van der Waals surface area contributed by atoms with E-state index in [1.807, 2.05) is 30.0 Å². The number of rotatable bonds is 3. The molecule has 1 rings (SSSR count). The molecule has 1 aromatic carbocycles. The SMILES string of the molecule is CSCC(C)c1cccc(C#N)c1. The number of nitriles is 1. The van der Waals surface area contributed by atoms with E-state index in [0.29, 0.717) is 5.92 Å². The van der Waals surface area contributed by atoms with Gasteiger partial charge in [0.2, 0.25) is 0 Å². The minimum absolute atomic E-state index is 0.531. The van der Waals surface area contributed by atoms with Crippen LogP contribution in [0.4, 0.5) is 0 Å². The summed E-state index contributed by atoms with van der Waals surface area (Å²) in [5, 5.41) is 8.72. The van der Waals surface area contributed by atoms with Crippen LogP contribution < -0.4 is 0 Å². The van der Waals surface area contributed by atoms with Crippen molar-refractivity contribution in [3.63, 3.8) is 0 Å². The lowest BCUT2D eigenvalue weighted by Gasteiger charge is -2.09. The van der Waals surface area contributed by atoms with E-state index in [-0.39, 0.29) is 0 Å². The molecule has 0 fully saturated rings. The van der Waals surface area contributed by atoms with Gasteiger partial charge in [-0.05, 0) is 35.6 Å². The van der Waals surface area contributed by atoms with Gasteiger partial charge in [0, 0.05) is 0 Å². The Hall–Kier alpha value is -0.940. The molecule has 0 N–H and O–H groups in total. The highest BCUT2D eigenvalue weighted by Gasteiger charge is 2.04. The van der Waals surface area contributed by atoms with E-state index >= 15 is 0 Å². The summed E-state index contributed by atoms with van der Waals surface area (Å²) in [7, 11) is 0. The molecule has 13 heavy (non-hydrogen) atoms. The molecule has 1 atom stereocenters. The van der Waals surface area contributed by atoms with Crippen LogP contribution in [0, 0.1) is 11.3 Å². The lowest BCUT2D eigenvalue weighted by Crippen LogP contribution is -1.96. The van der Waals surface area contributed by atoms with Gasteiger partial charge in [-0.25, -0.2) is 0 Å². The van der Waals surface area contributed by atoms with Crippen molar-refractivity contribution in [2.45, 2.75) is 12.8 Å². The molecule has 0 saturated carbocycles. The fourth-order valence-electron chi connectivity index (χ4n) is 1.26. The Morgan fingerprint density at radius 2 is 2.31 bits per heavy atom. The summed E-state index contributed by atoms with van der Waals surface area (Å²) >= 11 is 1.84. The van der Waals surface area contributed by atoms with Crippen molar-refractivity contribution >= 4 is 11.8 Å². The van der Waals surface area contributed by atoms with Gasteiger partial charge in [0.05, 0.1) is 11.6 Å². The van der Waals surface area contributed by atoms with Crippen LogP contribution in [0.5, 0.6) is 0 Å². The zero-order valence-electron chi connectivity index (χ0n) is 7.95. The third-order valence-corrected chi connectivity index (χ3v) is 2.83. The fourth-order valence-corrected chi connectivity index (χ4v) is 1.95. The van der Waals surface area contributed by atoms with Crippen molar-refractivity contribution in [2.75, 3.05) is 12.0 Å². The second-order valence-electron chi connectivity index (χ2n) is 3.09. The van der Waals surface area contributed by atoms with Gasteiger partial charge in [-0.1, -0.05) is 19.1 Å². The van der Waals surface area contributed by atoms with Crippen molar-refractivity contribution in [1.29, 1.82) is 5.26 Å². The van der Waals surface area contributed by atoms with Crippen LogP contribution in [0.1, 0.15) is 24.0 Å². The van der Waals surface area contributed by atoms with Crippen molar-refractivity contribution in [3.05, 3.63) is 35.4 Å². The first-order chi connectivity index (χ1) is 6.27. The predicted molar refractivity (Wildman–Crippen MR) is 58.0 cm³/mol. The number of benzene rings is 1. The molecule has 1 nitrogen and oxygen atoms in total. The smallest absolute Gasteiger partial charge is 0.0991 e. The summed E-state index contributed by atoms with van der Waals surface area (Å²) in [6, 6.07) is 10.0. The number of thioether (sulfide) groups is 1. The maximum atomic E-state index is 8.72. The fraction of sp³-hybridized carbons (Fsp3) is 0.364. The van der Waals surface area contributed by atoms with Gasteiger partial charge >= 0.3 is 0 Å². The third kappa shape index (κ3) is 2.78. The predicted octanol–water partition coefficient (Wildman–Crippen LogP) is 3.02. The van der Waals surface area contributed by atoms with Crippen molar-refractivity contribution in [2.24, 2.45) is 0 Å². The molecule has 0 aliphatic heterocycles. The molecule has 68 valence electrons. The lowest BCUT2D eigenvalue weighted by molar-refractivity contribution is 0.881. The Morgan fingerprint density at radius 3 is 2.92 bits per heavy atom. The van der Waals surface area contributed by atoms with Gasteiger partial charge in [0.1, 0.15) is 0 Å². The van der Waals surface area contributed by atoms with Crippen LogP contribution in [-0.2, 0) is 0 Å². The first kappa shape index (κ1) is 10.1. The summed E-state index contributed by atoms with van der Waals surface area (Å²) in [6.45, 7) is 2.19. The van der Waals surface area contributed by atoms with Gasteiger partial charge in [0.15, 0.2) is 0 Å². The van der Waals surface area contributed by atoms with Crippen LogP contribution in [0.3, 0.4) is 0 Å². The lowest BCUT2D eigenvalue weighted by atomic mass is 10.0. The zero-order chi connectivity index (χ0) is 9.68. The minimum Gasteiger partial charge on any atom is -0.192 e. The highest BCUT2D eigenvalue weighted by atomic mass is 32.2. The molecule has 0 aliphatic carbocycles. The van der Waals surface area contributed by atoms with Crippen LogP contribution >= 0.6 is 11.8 Å². The normalized spacial score (nSPS) is 12.1. The van der Waals surface area contributed by atoms with Crippen molar-refractivity contribution in [3.8, 4) is 6.07 Å². The number of hydrogen-bond acceptors (Lipinski definition) is 2. The average molecular weight is 191 g/mol. The van der Waals surface area contributed by atoms with Crippen LogP contribution in [0.15, 0.2) is 24.3 Å². The van der Waals surface area contributed by atoms with Gasteiger partial charge < -0.3 is 0 Å². The van der Waals surface area contributed by atoms with Crippen LogP contribution in [0.2, 0.25) is 0 Å². The Morgan fingerprint density at radius 1 is 1.54 bits per heavy atom. The van der Waals surface area contributed by atoms with Crippen molar-refractivity contribution < 1.29 is 0 Å². The van der Waals surface area contributed by atoms with Crippen molar-refractivity contribution in [1.82, 2.24) is 0 Å². The summed E-state index contributed by atoms with van der Waals surface area (Å²) < 4.78 is 0. The molecular formula is C11H13NS. The van der Waals surface area contributed by atoms with Gasteiger partial charge in [-0.15, -0.1) is 0 Å². The maximum Gasteiger partial charge on any atom is 0.0991 e. The summed E-state index contributed by atoms with van der Waals surface area (Å²) in [5.74, 6) is 1.64. The third-order valence-electron chi connectivity index (χ3n) is 2.00. The molecule has 1 unspecified atom stereocenters. The molecular weight excluding hydrogens is 178 g/mol. The monoisotopic (exact) mass is 191 g/mol. The highest BCUT2D eigenvalue weighted by Crippen LogP contribution is 2.19. The first-order valence-electron chi connectivity index (χ1n) is 4.27. The van der Waals surface area contributed by atoms with E-state index in [1.54, 1.807) is 0 Å². The van der Waals surface area contributed by atoms with Gasteiger partial charge in [0.25, 0.3) is 0 Å². The Balaban J connectivity index is 2.83. The maximum absolute atomic E-state index is 8.72. The van der Waals surface area contributed by atoms with Crippen LogP contribution in [-0.4, -0.2) is 12.0 Å². The number of nitrogens with zero attached hydrogens (tertiary/aromatic N) is 1. The summed E-state index contributed by atoms with van der Waals surface area (Å²) in [5.41, 5.74) is 2.01. The summed E-state index contributed by atoms with van der Waals surface area (Å²) in [4.78, 5) is 0. The van der Waals surface area contributed by atoms with E-state index in [1.165, 1.54) is 5.56 Å². The standard InChI is InChI=1S/C11H13NS/c1-9(8-13-2)11-5-3-4-10(6-11)7-12/h3-6,9H,8H2,1-2H3. The summed E-state index contributed by atoms with van der Waals surface area (Å²) in [6.07, 6.45) is 2.10. The topological polar surface area (TPSA) is 23.8 Å². The molecule has 0 aromatic heterocycles.